The Morgan fingerprint density at radius 3 is 2.79 bits per heavy atom. The number of hydrogen-bond donors (Lipinski definition) is 2. The second kappa shape index (κ2) is 5.34. The summed E-state index contributed by atoms with van der Waals surface area (Å²) in [5, 5.41) is 11.5. The van der Waals surface area contributed by atoms with Crippen LogP contribution in [0.1, 0.15) is 32.4 Å². The summed E-state index contributed by atoms with van der Waals surface area (Å²) in [6, 6.07) is 6.33. The maximum atomic E-state index is 11.9. The van der Waals surface area contributed by atoms with Crippen LogP contribution in [-0.2, 0) is 6.54 Å². The van der Waals surface area contributed by atoms with Crippen LogP contribution in [0.3, 0.4) is 0 Å². The number of aromatic carboxylic acids is 1. The monoisotopic (exact) mass is 260 g/mol. The van der Waals surface area contributed by atoms with E-state index in [0.717, 1.165) is 5.76 Å². The Hall–Kier alpha value is -2.63. The van der Waals surface area contributed by atoms with E-state index in [1.165, 1.54) is 18.3 Å². The molecule has 2 N–H and O–H groups in total. The van der Waals surface area contributed by atoms with Gasteiger partial charge in [-0.15, -0.1) is 0 Å². The third-order valence-corrected chi connectivity index (χ3v) is 2.47. The fourth-order valence-corrected chi connectivity index (χ4v) is 1.59. The molecule has 0 atom stereocenters. The van der Waals surface area contributed by atoms with Crippen LogP contribution in [0, 0.1) is 6.92 Å². The molecule has 0 fully saturated rings. The number of pyridine rings is 1. The first-order chi connectivity index (χ1) is 9.08. The van der Waals surface area contributed by atoms with Crippen LogP contribution in [0.2, 0.25) is 0 Å². The van der Waals surface area contributed by atoms with Crippen molar-refractivity contribution in [1.82, 2.24) is 10.3 Å². The summed E-state index contributed by atoms with van der Waals surface area (Å²) >= 11 is 0. The van der Waals surface area contributed by atoms with Gasteiger partial charge in [-0.2, -0.15) is 0 Å². The van der Waals surface area contributed by atoms with Crippen molar-refractivity contribution < 1.29 is 19.1 Å². The lowest BCUT2D eigenvalue weighted by atomic mass is 10.2. The van der Waals surface area contributed by atoms with Gasteiger partial charge >= 0.3 is 5.97 Å². The smallest absolute Gasteiger partial charge is 0.338 e. The van der Waals surface area contributed by atoms with E-state index < -0.39 is 11.9 Å². The first-order valence-electron chi connectivity index (χ1n) is 5.60. The average Bonchev–Trinajstić information content (AvgIpc) is 2.81. The van der Waals surface area contributed by atoms with Crippen molar-refractivity contribution in [2.45, 2.75) is 13.5 Å². The van der Waals surface area contributed by atoms with E-state index in [4.69, 9.17) is 9.52 Å². The van der Waals surface area contributed by atoms with E-state index in [1.54, 1.807) is 19.1 Å². The van der Waals surface area contributed by atoms with Gasteiger partial charge in [0.05, 0.1) is 12.1 Å². The molecule has 2 heterocycles. The van der Waals surface area contributed by atoms with E-state index >= 15 is 0 Å². The minimum absolute atomic E-state index is 0.113. The number of rotatable bonds is 4. The molecule has 0 aliphatic rings. The van der Waals surface area contributed by atoms with Gasteiger partial charge in [0.1, 0.15) is 17.2 Å². The lowest BCUT2D eigenvalue weighted by molar-refractivity contribution is 0.0690. The normalized spacial score (nSPS) is 10.2. The molecule has 2 rings (SSSR count). The van der Waals surface area contributed by atoms with Crippen molar-refractivity contribution in [3.63, 3.8) is 0 Å². The molecule has 0 bridgehead atoms. The number of nitrogens with zero attached hydrogens (tertiary/aromatic N) is 1. The molecule has 0 saturated carbocycles. The second-order valence-electron chi connectivity index (χ2n) is 3.90. The van der Waals surface area contributed by atoms with Gasteiger partial charge in [-0.1, -0.05) is 0 Å². The number of hydrogen-bond acceptors (Lipinski definition) is 4. The van der Waals surface area contributed by atoms with E-state index in [9.17, 15) is 9.59 Å². The van der Waals surface area contributed by atoms with Crippen molar-refractivity contribution in [3.05, 3.63) is 53.2 Å². The maximum Gasteiger partial charge on any atom is 0.338 e. The fraction of sp³-hybridized carbons (Fsp3) is 0.154. The number of carbonyl (C=O) groups is 2. The third kappa shape index (κ3) is 2.98. The number of aryl methyl sites for hydroxylation is 1. The molecule has 0 aliphatic heterocycles. The topological polar surface area (TPSA) is 92.4 Å². The zero-order chi connectivity index (χ0) is 13.8. The minimum Gasteiger partial charge on any atom is -0.478 e. The molecule has 0 unspecified atom stereocenters. The highest BCUT2D eigenvalue weighted by Crippen LogP contribution is 2.08. The summed E-state index contributed by atoms with van der Waals surface area (Å²) in [5.74, 6) is -0.397. The molecule has 1 amide bonds. The number of amides is 1. The van der Waals surface area contributed by atoms with Crippen LogP contribution in [0.4, 0.5) is 0 Å². The van der Waals surface area contributed by atoms with Crippen molar-refractivity contribution in [1.29, 1.82) is 0 Å². The van der Waals surface area contributed by atoms with E-state index in [1.807, 2.05) is 0 Å². The van der Waals surface area contributed by atoms with Gasteiger partial charge in [0.25, 0.3) is 5.91 Å². The highest BCUT2D eigenvalue weighted by atomic mass is 16.4. The van der Waals surface area contributed by atoms with Gasteiger partial charge < -0.3 is 14.8 Å². The summed E-state index contributed by atoms with van der Waals surface area (Å²) in [6.07, 6.45) is 1.37. The SMILES string of the molecule is Cc1ccc(CNC(=O)c2ncccc2C(=O)O)o1. The van der Waals surface area contributed by atoms with E-state index in [0.29, 0.717) is 5.76 Å². The molecular formula is C13H12N2O4. The molecule has 0 saturated heterocycles. The van der Waals surface area contributed by atoms with Gasteiger partial charge in [-0.25, -0.2) is 4.79 Å². The molecule has 2 aromatic heterocycles. The predicted octanol–water partition coefficient (Wildman–Crippen LogP) is 1.61. The standard InChI is InChI=1S/C13H12N2O4/c1-8-4-5-9(19-8)7-15-12(16)11-10(13(17)18)3-2-6-14-11/h2-6H,7H2,1H3,(H,15,16)(H,17,18). The number of nitrogens with one attached hydrogen (secondary N) is 1. The van der Waals surface area contributed by atoms with Gasteiger partial charge in [0.15, 0.2) is 0 Å². The molecule has 98 valence electrons. The fourth-order valence-electron chi connectivity index (χ4n) is 1.59. The van der Waals surface area contributed by atoms with Gasteiger partial charge in [0, 0.05) is 6.20 Å². The number of aromatic nitrogens is 1. The van der Waals surface area contributed by atoms with E-state index in [-0.39, 0.29) is 17.8 Å². The highest BCUT2D eigenvalue weighted by molar-refractivity contribution is 6.03. The minimum atomic E-state index is -1.19. The Labute approximate surface area is 109 Å². The Balaban J connectivity index is 2.10. The van der Waals surface area contributed by atoms with Crippen LogP contribution in [0.15, 0.2) is 34.9 Å². The van der Waals surface area contributed by atoms with Crippen LogP contribution >= 0.6 is 0 Å². The van der Waals surface area contributed by atoms with Gasteiger partial charge in [-0.3, -0.25) is 9.78 Å². The zero-order valence-electron chi connectivity index (χ0n) is 10.2. The lowest BCUT2D eigenvalue weighted by Crippen LogP contribution is -2.25. The van der Waals surface area contributed by atoms with Crippen LogP contribution < -0.4 is 5.32 Å². The van der Waals surface area contributed by atoms with Crippen molar-refractivity contribution in [2.24, 2.45) is 0 Å². The number of furan rings is 1. The molecule has 0 aliphatic carbocycles. The molecular weight excluding hydrogens is 248 g/mol. The number of carbonyl (C=O) groups excluding carboxylic acids is 1. The number of carboxylic acids is 1. The summed E-state index contributed by atoms with van der Waals surface area (Å²) in [6.45, 7) is 1.98. The summed E-state index contributed by atoms with van der Waals surface area (Å²) in [4.78, 5) is 26.6. The second-order valence-corrected chi connectivity index (χ2v) is 3.90. The maximum absolute atomic E-state index is 11.9. The Morgan fingerprint density at radius 2 is 2.16 bits per heavy atom. The van der Waals surface area contributed by atoms with Crippen molar-refractivity contribution in [3.8, 4) is 0 Å². The third-order valence-electron chi connectivity index (χ3n) is 2.47. The molecule has 0 aromatic carbocycles. The lowest BCUT2D eigenvalue weighted by Gasteiger charge is -2.05. The average molecular weight is 260 g/mol. The zero-order valence-corrected chi connectivity index (χ0v) is 10.2. The van der Waals surface area contributed by atoms with Gasteiger partial charge in [0.2, 0.25) is 0 Å². The summed E-state index contributed by atoms with van der Waals surface area (Å²) in [5.41, 5.74) is -0.242. The molecule has 19 heavy (non-hydrogen) atoms. The quantitative estimate of drug-likeness (QED) is 0.871. The molecule has 0 spiro atoms. The Kier molecular flexibility index (Phi) is 3.61. The van der Waals surface area contributed by atoms with Crippen molar-refractivity contribution >= 4 is 11.9 Å². The van der Waals surface area contributed by atoms with Gasteiger partial charge in [-0.05, 0) is 31.2 Å². The van der Waals surface area contributed by atoms with Crippen LogP contribution in [0.5, 0.6) is 0 Å². The molecule has 0 radical (unpaired) electrons. The molecule has 6 nitrogen and oxygen atoms in total. The first-order valence-corrected chi connectivity index (χ1v) is 5.60. The predicted molar refractivity (Wildman–Crippen MR) is 65.8 cm³/mol. The summed E-state index contributed by atoms with van der Waals surface area (Å²) < 4.78 is 5.30. The van der Waals surface area contributed by atoms with E-state index in [2.05, 4.69) is 10.3 Å². The summed E-state index contributed by atoms with van der Waals surface area (Å²) in [7, 11) is 0. The number of carboxylic acid groups (broad SMARTS) is 1. The first kappa shape index (κ1) is 12.8. The highest BCUT2D eigenvalue weighted by Gasteiger charge is 2.17. The molecule has 6 heteroatoms. The van der Waals surface area contributed by atoms with Crippen LogP contribution in [0.25, 0.3) is 0 Å². The Bertz CT molecular complexity index is 619. The largest absolute Gasteiger partial charge is 0.478 e. The van der Waals surface area contributed by atoms with Crippen LogP contribution in [-0.4, -0.2) is 22.0 Å². The van der Waals surface area contributed by atoms with Crippen molar-refractivity contribution in [2.75, 3.05) is 0 Å². The molecule has 2 aromatic rings. The Morgan fingerprint density at radius 1 is 1.37 bits per heavy atom.